The maximum atomic E-state index is 12.7. The zero-order chi connectivity index (χ0) is 24.0. The van der Waals surface area contributed by atoms with Gasteiger partial charge in [0.05, 0.1) is 12.6 Å². The van der Waals surface area contributed by atoms with E-state index >= 15 is 0 Å². The van der Waals surface area contributed by atoms with Gasteiger partial charge in [-0.05, 0) is 57.9 Å². The molecule has 9 nitrogen and oxygen atoms in total. The first kappa shape index (κ1) is 27.5. The van der Waals surface area contributed by atoms with E-state index in [2.05, 4.69) is 17.6 Å². The molecular formula is C22H37N3O6S. The number of alkyl carbamates (subject to hydrolysis) is 1. The fourth-order valence-electron chi connectivity index (χ4n) is 2.82. The number of nitrogens with one attached hydrogen (secondary N) is 2. The molecule has 182 valence electrons. The Bertz CT molecular complexity index is 690. The van der Waals surface area contributed by atoms with Gasteiger partial charge in [0.1, 0.15) is 12.2 Å². The molecule has 1 aromatic rings. The minimum absolute atomic E-state index is 0.0114. The highest BCUT2D eigenvalue weighted by Gasteiger charge is 2.22. The van der Waals surface area contributed by atoms with Crippen LogP contribution in [0.3, 0.4) is 0 Å². The van der Waals surface area contributed by atoms with Crippen LogP contribution in [0.4, 0.5) is 14.4 Å². The molecule has 3 N–H and O–H groups in total. The zero-order valence-corrected chi connectivity index (χ0v) is 20.3. The first-order valence-electron chi connectivity index (χ1n) is 11.0. The van der Waals surface area contributed by atoms with Crippen LogP contribution in [0, 0.1) is 0 Å². The summed E-state index contributed by atoms with van der Waals surface area (Å²) in [4.78, 5) is 38.3. The number of unbranched alkanes of at least 4 members (excludes halogenated alkanes) is 2. The maximum absolute atomic E-state index is 12.7. The molecule has 0 aromatic carbocycles. The predicted octanol–water partition coefficient (Wildman–Crippen LogP) is 4.82. The van der Waals surface area contributed by atoms with Crippen molar-refractivity contribution in [2.45, 2.75) is 78.0 Å². The smallest absolute Gasteiger partial charge is 0.410 e. The summed E-state index contributed by atoms with van der Waals surface area (Å²) >= 11 is 1.59. The highest BCUT2D eigenvalue weighted by atomic mass is 32.1. The molecule has 0 aliphatic heterocycles. The van der Waals surface area contributed by atoms with Crippen LogP contribution in [0.25, 0.3) is 0 Å². The van der Waals surface area contributed by atoms with Crippen molar-refractivity contribution in [1.82, 2.24) is 15.5 Å². The summed E-state index contributed by atoms with van der Waals surface area (Å²) < 4.78 is 10.9. The lowest BCUT2D eigenvalue weighted by molar-refractivity contribution is 0.0444. The highest BCUT2D eigenvalue weighted by molar-refractivity contribution is 7.09. The van der Waals surface area contributed by atoms with Crippen molar-refractivity contribution >= 4 is 29.6 Å². The average Bonchev–Trinajstić information content (AvgIpc) is 3.20. The van der Waals surface area contributed by atoms with E-state index in [1.54, 1.807) is 37.0 Å². The van der Waals surface area contributed by atoms with Crippen molar-refractivity contribution in [1.29, 1.82) is 0 Å². The van der Waals surface area contributed by atoms with Gasteiger partial charge in [-0.2, -0.15) is 0 Å². The number of carboxylic acid groups (broad SMARTS) is 1. The van der Waals surface area contributed by atoms with Crippen molar-refractivity contribution < 1.29 is 29.0 Å². The number of nitrogens with zero attached hydrogens (tertiary/aromatic N) is 1. The lowest BCUT2D eigenvalue weighted by Crippen LogP contribution is -2.43. The van der Waals surface area contributed by atoms with Crippen LogP contribution in [0.2, 0.25) is 0 Å². The summed E-state index contributed by atoms with van der Waals surface area (Å²) in [7, 11) is 0. The third-order valence-corrected chi connectivity index (χ3v) is 5.21. The van der Waals surface area contributed by atoms with E-state index in [9.17, 15) is 14.4 Å². The molecule has 0 saturated heterocycles. The lowest BCUT2D eigenvalue weighted by Gasteiger charge is -2.25. The minimum atomic E-state index is -1.07. The maximum Gasteiger partial charge on any atom is 0.410 e. The Morgan fingerprint density at radius 1 is 1.22 bits per heavy atom. The standard InChI is InChI=1S/C22H37N3O6S/c1-5-6-13-25(15-18-11-9-14-32-18)21(29)30-16-17(10-7-8-12-23-19(26)27)24-20(28)31-22(2,3)4/h9,11,14,17,23H,5-8,10,12-13,15-16H2,1-4H3,(H,24,28)(H,26,27). The molecule has 0 spiro atoms. The van der Waals surface area contributed by atoms with Crippen LogP contribution < -0.4 is 10.6 Å². The van der Waals surface area contributed by atoms with Gasteiger partial charge in [0.15, 0.2) is 0 Å². The van der Waals surface area contributed by atoms with Gasteiger partial charge in [-0.25, -0.2) is 14.4 Å². The average molecular weight is 472 g/mol. The molecule has 0 fully saturated rings. The number of amides is 3. The second-order valence-electron chi connectivity index (χ2n) is 8.50. The Morgan fingerprint density at radius 2 is 1.97 bits per heavy atom. The molecule has 0 radical (unpaired) electrons. The zero-order valence-electron chi connectivity index (χ0n) is 19.5. The van der Waals surface area contributed by atoms with E-state index in [-0.39, 0.29) is 6.61 Å². The minimum Gasteiger partial charge on any atom is -0.465 e. The number of thiophene rings is 1. The van der Waals surface area contributed by atoms with Crippen molar-refractivity contribution in [3.63, 3.8) is 0 Å². The van der Waals surface area contributed by atoms with Crippen LogP contribution in [-0.2, 0) is 16.0 Å². The summed E-state index contributed by atoms with van der Waals surface area (Å²) in [6.07, 6.45) is 1.53. The van der Waals surface area contributed by atoms with Gasteiger partial charge in [0.2, 0.25) is 0 Å². The molecule has 10 heteroatoms. The number of carbonyl (C=O) groups excluding carboxylic acids is 2. The van der Waals surface area contributed by atoms with Crippen molar-refractivity contribution in [3.8, 4) is 0 Å². The predicted molar refractivity (Wildman–Crippen MR) is 124 cm³/mol. The first-order chi connectivity index (χ1) is 15.1. The highest BCUT2D eigenvalue weighted by Crippen LogP contribution is 2.14. The number of rotatable bonds is 13. The largest absolute Gasteiger partial charge is 0.465 e. The molecule has 1 unspecified atom stereocenters. The summed E-state index contributed by atoms with van der Waals surface area (Å²) in [5, 5.41) is 15.7. The first-order valence-corrected chi connectivity index (χ1v) is 11.9. The fourth-order valence-corrected chi connectivity index (χ4v) is 3.54. The summed E-state index contributed by atoms with van der Waals surface area (Å²) in [6, 6.07) is 3.49. The third kappa shape index (κ3) is 13.0. The number of hydrogen-bond acceptors (Lipinski definition) is 6. The number of hydrogen-bond donors (Lipinski definition) is 3. The molecular weight excluding hydrogens is 434 g/mol. The van der Waals surface area contributed by atoms with E-state index in [1.165, 1.54) is 0 Å². The number of ether oxygens (including phenoxy) is 2. The monoisotopic (exact) mass is 471 g/mol. The molecule has 32 heavy (non-hydrogen) atoms. The Labute approximate surface area is 194 Å². The van der Waals surface area contributed by atoms with Crippen LogP contribution in [0.15, 0.2) is 17.5 Å². The summed E-state index contributed by atoms with van der Waals surface area (Å²) in [5.74, 6) is 0. The fraction of sp³-hybridized carbons (Fsp3) is 0.682. The Balaban J connectivity index is 2.65. The molecule has 0 aliphatic rings. The Morgan fingerprint density at radius 3 is 2.56 bits per heavy atom. The van der Waals surface area contributed by atoms with Crippen LogP contribution in [-0.4, -0.2) is 59.6 Å². The summed E-state index contributed by atoms with van der Waals surface area (Å²) in [6.45, 7) is 8.80. The van der Waals surface area contributed by atoms with Crippen LogP contribution in [0.5, 0.6) is 0 Å². The second-order valence-corrected chi connectivity index (χ2v) is 9.53. The van der Waals surface area contributed by atoms with Gasteiger partial charge in [-0.3, -0.25) is 0 Å². The van der Waals surface area contributed by atoms with Crippen molar-refractivity contribution in [2.75, 3.05) is 19.7 Å². The molecule has 1 rings (SSSR count). The van der Waals surface area contributed by atoms with Gasteiger partial charge in [0, 0.05) is 18.0 Å². The van der Waals surface area contributed by atoms with Gasteiger partial charge in [-0.15, -0.1) is 11.3 Å². The molecule has 1 atom stereocenters. The van der Waals surface area contributed by atoms with Gasteiger partial charge in [0.25, 0.3) is 0 Å². The van der Waals surface area contributed by atoms with Crippen LogP contribution >= 0.6 is 11.3 Å². The van der Waals surface area contributed by atoms with E-state index in [0.29, 0.717) is 38.9 Å². The van der Waals surface area contributed by atoms with Crippen LogP contribution in [0.1, 0.15) is 64.7 Å². The van der Waals surface area contributed by atoms with Crippen molar-refractivity contribution in [3.05, 3.63) is 22.4 Å². The van der Waals surface area contributed by atoms with Gasteiger partial charge >= 0.3 is 18.3 Å². The van der Waals surface area contributed by atoms with Gasteiger partial charge in [-0.1, -0.05) is 19.4 Å². The molecule has 3 amide bonds. The number of carbonyl (C=O) groups is 3. The SMILES string of the molecule is CCCCN(Cc1cccs1)C(=O)OCC(CCCCNC(=O)O)NC(=O)OC(C)(C)C. The molecule has 0 aliphatic carbocycles. The van der Waals surface area contributed by atoms with E-state index < -0.39 is 29.9 Å². The molecule has 0 saturated carbocycles. The van der Waals surface area contributed by atoms with E-state index in [1.807, 2.05) is 17.5 Å². The molecule has 1 heterocycles. The second kappa shape index (κ2) is 14.5. The van der Waals surface area contributed by atoms with Crippen molar-refractivity contribution in [2.24, 2.45) is 0 Å². The molecule has 1 aromatic heterocycles. The lowest BCUT2D eigenvalue weighted by atomic mass is 10.1. The Hall–Kier alpha value is -2.49. The topological polar surface area (TPSA) is 117 Å². The third-order valence-electron chi connectivity index (χ3n) is 4.35. The molecule has 0 bridgehead atoms. The quantitative estimate of drug-likeness (QED) is 0.355. The van der Waals surface area contributed by atoms with E-state index in [4.69, 9.17) is 14.6 Å². The summed E-state index contributed by atoms with van der Waals surface area (Å²) in [5.41, 5.74) is -0.644. The Kier molecular flexibility index (Phi) is 12.5. The van der Waals surface area contributed by atoms with Gasteiger partial charge < -0.3 is 30.1 Å². The normalized spacial score (nSPS) is 12.0. The van der Waals surface area contributed by atoms with E-state index in [0.717, 1.165) is 17.7 Å².